The second-order valence-corrected chi connectivity index (χ2v) is 5.61. The van der Waals surface area contributed by atoms with Crippen LogP contribution in [0.3, 0.4) is 0 Å². The van der Waals surface area contributed by atoms with Gasteiger partial charge in [-0.15, -0.1) is 0 Å². The standard InChI is InChI=1S/C16H25N3O/c17-16(19-20)15-9-5-4-8-14(15)12-18-11-10-13-6-2-1-3-7-13/h4-5,8-9,13,18,20H,1-3,6-7,10-12H2,(H2,17,19). The van der Waals surface area contributed by atoms with Gasteiger partial charge in [-0.2, -0.15) is 0 Å². The number of rotatable bonds is 6. The molecule has 0 atom stereocenters. The van der Waals surface area contributed by atoms with Crippen LogP contribution in [0.15, 0.2) is 29.4 Å². The van der Waals surface area contributed by atoms with Crippen molar-refractivity contribution in [3.63, 3.8) is 0 Å². The average molecular weight is 275 g/mol. The fraction of sp³-hybridized carbons (Fsp3) is 0.562. The molecule has 20 heavy (non-hydrogen) atoms. The first-order valence-corrected chi connectivity index (χ1v) is 7.58. The third kappa shape index (κ3) is 4.23. The van der Waals surface area contributed by atoms with Crippen LogP contribution in [-0.4, -0.2) is 17.6 Å². The van der Waals surface area contributed by atoms with E-state index in [4.69, 9.17) is 10.9 Å². The Morgan fingerprint density at radius 2 is 2.00 bits per heavy atom. The van der Waals surface area contributed by atoms with Crippen molar-refractivity contribution in [2.24, 2.45) is 16.8 Å². The Hall–Kier alpha value is -1.55. The van der Waals surface area contributed by atoms with Gasteiger partial charge in [-0.05, 0) is 24.4 Å². The van der Waals surface area contributed by atoms with Crippen LogP contribution in [0.2, 0.25) is 0 Å². The number of amidine groups is 1. The maximum absolute atomic E-state index is 8.80. The van der Waals surface area contributed by atoms with Gasteiger partial charge in [-0.3, -0.25) is 0 Å². The first-order valence-electron chi connectivity index (χ1n) is 7.58. The molecule has 0 heterocycles. The Morgan fingerprint density at radius 1 is 1.25 bits per heavy atom. The van der Waals surface area contributed by atoms with E-state index in [-0.39, 0.29) is 5.84 Å². The van der Waals surface area contributed by atoms with E-state index in [0.717, 1.165) is 30.1 Å². The normalized spacial score (nSPS) is 17.3. The van der Waals surface area contributed by atoms with E-state index in [2.05, 4.69) is 10.5 Å². The Labute approximate surface area is 121 Å². The Balaban J connectivity index is 1.79. The smallest absolute Gasteiger partial charge is 0.170 e. The number of nitrogens with two attached hydrogens (primary N) is 1. The fourth-order valence-corrected chi connectivity index (χ4v) is 2.98. The molecule has 0 radical (unpaired) electrons. The Bertz CT molecular complexity index is 439. The molecule has 0 saturated heterocycles. The zero-order valence-electron chi connectivity index (χ0n) is 12.0. The maximum atomic E-state index is 8.80. The second-order valence-electron chi connectivity index (χ2n) is 5.61. The molecule has 1 aromatic rings. The van der Waals surface area contributed by atoms with Crippen LogP contribution in [0.25, 0.3) is 0 Å². The van der Waals surface area contributed by atoms with Crippen molar-refractivity contribution >= 4 is 5.84 Å². The first-order chi connectivity index (χ1) is 9.81. The van der Waals surface area contributed by atoms with Crippen molar-refractivity contribution in [3.8, 4) is 0 Å². The minimum atomic E-state index is 0.176. The molecule has 0 unspecified atom stereocenters. The zero-order valence-corrected chi connectivity index (χ0v) is 12.0. The lowest BCUT2D eigenvalue weighted by atomic mass is 9.87. The summed E-state index contributed by atoms with van der Waals surface area (Å²) in [6, 6.07) is 7.78. The van der Waals surface area contributed by atoms with Crippen molar-refractivity contribution in [1.29, 1.82) is 0 Å². The maximum Gasteiger partial charge on any atom is 0.170 e. The average Bonchev–Trinajstić information content (AvgIpc) is 2.52. The largest absolute Gasteiger partial charge is 0.409 e. The summed E-state index contributed by atoms with van der Waals surface area (Å²) in [5.41, 5.74) is 7.57. The molecule has 1 saturated carbocycles. The Morgan fingerprint density at radius 3 is 2.75 bits per heavy atom. The molecule has 1 aromatic carbocycles. The van der Waals surface area contributed by atoms with Crippen LogP contribution < -0.4 is 11.1 Å². The lowest BCUT2D eigenvalue weighted by molar-refractivity contribution is 0.318. The summed E-state index contributed by atoms with van der Waals surface area (Å²) in [6.07, 6.45) is 8.25. The number of oxime groups is 1. The number of nitrogens with zero attached hydrogens (tertiary/aromatic N) is 1. The molecule has 1 aliphatic rings. The Kier molecular flexibility index (Phi) is 5.87. The number of nitrogens with one attached hydrogen (secondary N) is 1. The first kappa shape index (κ1) is 14.9. The lowest BCUT2D eigenvalue weighted by Gasteiger charge is -2.21. The van der Waals surface area contributed by atoms with E-state index >= 15 is 0 Å². The molecule has 0 spiro atoms. The summed E-state index contributed by atoms with van der Waals surface area (Å²) >= 11 is 0. The van der Waals surface area contributed by atoms with Crippen LogP contribution in [0.1, 0.15) is 49.7 Å². The molecular formula is C16H25N3O. The second kappa shape index (κ2) is 7.90. The summed E-state index contributed by atoms with van der Waals surface area (Å²) in [7, 11) is 0. The summed E-state index contributed by atoms with van der Waals surface area (Å²) in [6.45, 7) is 1.80. The molecule has 4 nitrogen and oxygen atoms in total. The topological polar surface area (TPSA) is 70.6 Å². The predicted octanol–water partition coefficient (Wildman–Crippen LogP) is 2.84. The van der Waals surface area contributed by atoms with Gasteiger partial charge in [0.2, 0.25) is 0 Å². The van der Waals surface area contributed by atoms with E-state index in [1.165, 1.54) is 38.5 Å². The molecule has 0 amide bonds. The van der Waals surface area contributed by atoms with Crippen LogP contribution in [0, 0.1) is 5.92 Å². The highest BCUT2D eigenvalue weighted by atomic mass is 16.4. The highest BCUT2D eigenvalue weighted by Crippen LogP contribution is 2.25. The molecular weight excluding hydrogens is 250 g/mol. The van der Waals surface area contributed by atoms with Crippen molar-refractivity contribution in [3.05, 3.63) is 35.4 Å². The van der Waals surface area contributed by atoms with Crippen LogP contribution >= 0.6 is 0 Å². The predicted molar refractivity (Wildman–Crippen MR) is 81.9 cm³/mol. The molecule has 1 aliphatic carbocycles. The fourth-order valence-electron chi connectivity index (χ4n) is 2.98. The minimum absolute atomic E-state index is 0.176. The number of hydrogen-bond donors (Lipinski definition) is 3. The van der Waals surface area contributed by atoms with Crippen LogP contribution in [0.4, 0.5) is 0 Å². The van der Waals surface area contributed by atoms with E-state index < -0.39 is 0 Å². The van der Waals surface area contributed by atoms with Gasteiger partial charge in [0.15, 0.2) is 5.84 Å². The van der Waals surface area contributed by atoms with Gasteiger partial charge in [0.25, 0.3) is 0 Å². The summed E-state index contributed by atoms with van der Waals surface area (Å²) < 4.78 is 0. The highest BCUT2D eigenvalue weighted by Gasteiger charge is 2.12. The molecule has 2 rings (SSSR count). The third-order valence-corrected chi connectivity index (χ3v) is 4.17. The molecule has 0 aliphatic heterocycles. The van der Waals surface area contributed by atoms with E-state index in [9.17, 15) is 0 Å². The molecule has 4 heteroatoms. The van der Waals surface area contributed by atoms with Crippen LogP contribution in [0.5, 0.6) is 0 Å². The van der Waals surface area contributed by atoms with Gasteiger partial charge < -0.3 is 16.3 Å². The quantitative estimate of drug-likeness (QED) is 0.246. The number of benzene rings is 1. The molecule has 0 bridgehead atoms. The van der Waals surface area contributed by atoms with Crippen molar-refractivity contribution < 1.29 is 5.21 Å². The lowest BCUT2D eigenvalue weighted by Crippen LogP contribution is -2.22. The van der Waals surface area contributed by atoms with Crippen LogP contribution in [-0.2, 0) is 6.54 Å². The summed E-state index contributed by atoms with van der Waals surface area (Å²) in [4.78, 5) is 0. The van der Waals surface area contributed by atoms with E-state index in [0.29, 0.717) is 0 Å². The summed E-state index contributed by atoms with van der Waals surface area (Å²) in [5.74, 6) is 1.07. The van der Waals surface area contributed by atoms with Gasteiger partial charge in [-0.1, -0.05) is 61.5 Å². The van der Waals surface area contributed by atoms with Gasteiger partial charge >= 0.3 is 0 Å². The molecule has 110 valence electrons. The van der Waals surface area contributed by atoms with Gasteiger partial charge in [0.05, 0.1) is 0 Å². The van der Waals surface area contributed by atoms with Crippen molar-refractivity contribution in [1.82, 2.24) is 5.32 Å². The van der Waals surface area contributed by atoms with E-state index in [1.807, 2.05) is 24.3 Å². The summed E-state index contributed by atoms with van der Waals surface area (Å²) in [5, 5.41) is 15.4. The molecule has 4 N–H and O–H groups in total. The van der Waals surface area contributed by atoms with Gasteiger partial charge in [-0.25, -0.2) is 0 Å². The zero-order chi connectivity index (χ0) is 14.2. The van der Waals surface area contributed by atoms with Crippen molar-refractivity contribution in [2.75, 3.05) is 6.54 Å². The highest BCUT2D eigenvalue weighted by molar-refractivity contribution is 5.98. The van der Waals surface area contributed by atoms with Crippen molar-refractivity contribution in [2.45, 2.75) is 45.1 Å². The molecule has 1 fully saturated rings. The van der Waals surface area contributed by atoms with Gasteiger partial charge in [0, 0.05) is 12.1 Å². The monoisotopic (exact) mass is 275 g/mol. The van der Waals surface area contributed by atoms with Gasteiger partial charge in [0.1, 0.15) is 0 Å². The molecule has 0 aromatic heterocycles. The minimum Gasteiger partial charge on any atom is -0.409 e. The van der Waals surface area contributed by atoms with E-state index in [1.54, 1.807) is 0 Å². The third-order valence-electron chi connectivity index (χ3n) is 4.17. The number of hydrogen-bond acceptors (Lipinski definition) is 3. The SMILES string of the molecule is NC(=NO)c1ccccc1CNCCC1CCCCC1.